The van der Waals surface area contributed by atoms with E-state index in [1.807, 2.05) is 0 Å². The average Bonchev–Trinajstić information content (AvgIpc) is 2.77. The van der Waals surface area contributed by atoms with E-state index in [0.717, 1.165) is 0 Å². The van der Waals surface area contributed by atoms with Crippen LogP contribution in [-0.4, -0.2) is 33.9 Å². The van der Waals surface area contributed by atoms with Crippen molar-refractivity contribution in [1.82, 2.24) is 15.3 Å². The van der Waals surface area contributed by atoms with Crippen LogP contribution in [0.2, 0.25) is 5.02 Å². The first-order chi connectivity index (χ1) is 15.7. The van der Waals surface area contributed by atoms with Crippen molar-refractivity contribution in [3.8, 4) is 11.8 Å². The van der Waals surface area contributed by atoms with E-state index in [1.54, 1.807) is 12.1 Å². The molecule has 5 N–H and O–H groups in total. The first kappa shape index (κ1) is 24.1. The molecule has 4 amide bonds. The fourth-order valence-electron chi connectivity index (χ4n) is 2.48. The Balaban J connectivity index is 1.64. The monoisotopic (exact) mass is 532 g/mol. The van der Waals surface area contributed by atoms with Gasteiger partial charge in [-0.05, 0) is 53.2 Å². The largest absolute Gasteiger partial charge is 0.423 e. The van der Waals surface area contributed by atoms with Crippen LogP contribution in [0.4, 0.5) is 16.2 Å². The Morgan fingerprint density at radius 3 is 2.45 bits per heavy atom. The number of nitrogens with one attached hydrogen (secondary N) is 3. The maximum Gasteiger partial charge on any atom is 0.326 e. The number of rotatable bonds is 6. The van der Waals surface area contributed by atoms with Gasteiger partial charge >= 0.3 is 12.0 Å². The van der Waals surface area contributed by atoms with E-state index in [9.17, 15) is 14.4 Å². The normalized spacial score (nSPS) is 11.3. The van der Waals surface area contributed by atoms with E-state index in [1.165, 1.54) is 49.6 Å². The third-order valence-electron chi connectivity index (χ3n) is 4.06. The topological polar surface area (TPSA) is 148 Å². The summed E-state index contributed by atoms with van der Waals surface area (Å²) in [5.41, 5.74) is 6.18. The van der Waals surface area contributed by atoms with Crippen molar-refractivity contribution in [1.29, 1.82) is 0 Å². The van der Waals surface area contributed by atoms with E-state index in [-0.39, 0.29) is 28.0 Å². The van der Waals surface area contributed by atoms with Crippen molar-refractivity contribution in [3.63, 3.8) is 0 Å². The maximum absolute atomic E-state index is 12.5. The Labute approximate surface area is 202 Å². The summed E-state index contributed by atoms with van der Waals surface area (Å²) in [5.74, 6) is -0.906. The Hall–Kier alpha value is -3.54. The van der Waals surface area contributed by atoms with Gasteiger partial charge in [0.05, 0.1) is 26.8 Å². The lowest BCUT2D eigenvalue weighted by Gasteiger charge is -2.13. The molecule has 0 fully saturated rings. The number of ether oxygens (including phenoxy) is 1. The second-order valence-electron chi connectivity index (χ2n) is 6.66. The number of amides is 4. The van der Waals surface area contributed by atoms with Crippen molar-refractivity contribution in [3.05, 3.63) is 69.9 Å². The molecule has 1 atom stereocenters. The summed E-state index contributed by atoms with van der Waals surface area (Å²) in [7, 11) is 0. The van der Waals surface area contributed by atoms with Gasteiger partial charge in [-0.15, -0.1) is 0 Å². The summed E-state index contributed by atoms with van der Waals surface area (Å²) < 4.78 is 6.20. The van der Waals surface area contributed by atoms with Crippen LogP contribution < -0.4 is 26.4 Å². The zero-order valence-electron chi connectivity index (χ0n) is 17.1. The molecule has 12 heteroatoms. The van der Waals surface area contributed by atoms with Gasteiger partial charge in [-0.3, -0.25) is 14.9 Å². The zero-order chi connectivity index (χ0) is 24.0. The van der Waals surface area contributed by atoms with Crippen LogP contribution in [0, 0.1) is 0 Å². The quantitative estimate of drug-likeness (QED) is 0.375. The van der Waals surface area contributed by atoms with Crippen molar-refractivity contribution in [2.24, 2.45) is 5.73 Å². The minimum atomic E-state index is -0.797. The number of hydrogen-bond donors (Lipinski definition) is 4. The molecular weight excluding hydrogens is 516 g/mol. The molecule has 33 heavy (non-hydrogen) atoms. The highest BCUT2D eigenvalue weighted by Crippen LogP contribution is 2.30. The minimum Gasteiger partial charge on any atom is -0.423 e. The first-order valence-electron chi connectivity index (χ1n) is 9.45. The molecule has 1 aromatic heterocycles. The molecule has 0 aliphatic carbocycles. The van der Waals surface area contributed by atoms with Crippen LogP contribution >= 0.6 is 27.5 Å². The van der Waals surface area contributed by atoms with Crippen LogP contribution in [0.25, 0.3) is 0 Å². The molecule has 0 aliphatic heterocycles. The summed E-state index contributed by atoms with van der Waals surface area (Å²) in [6.07, 6.45) is 3.04. The van der Waals surface area contributed by atoms with E-state index in [0.29, 0.717) is 10.2 Å². The highest BCUT2D eigenvalue weighted by Gasteiger charge is 2.17. The number of hydrogen-bond acceptors (Lipinski definition) is 7. The molecule has 1 heterocycles. The zero-order valence-corrected chi connectivity index (χ0v) is 19.5. The van der Waals surface area contributed by atoms with Crippen LogP contribution in [0.15, 0.2) is 59.3 Å². The predicted octanol–water partition coefficient (Wildman–Crippen LogP) is 3.93. The van der Waals surface area contributed by atoms with Gasteiger partial charge in [-0.1, -0.05) is 23.7 Å². The number of aromatic nitrogens is 2. The molecule has 0 bridgehead atoms. The number of nitrogens with two attached hydrogens (primary N) is 1. The minimum absolute atomic E-state index is 0.0953. The van der Waals surface area contributed by atoms with Crippen molar-refractivity contribution >= 4 is 56.8 Å². The van der Waals surface area contributed by atoms with E-state index in [2.05, 4.69) is 41.8 Å². The molecule has 0 aliphatic rings. The van der Waals surface area contributed by atoms with Crippen LogP contribution in [0.3, 0.4) is 0 Å². The molecule has 0 radical (unpaired) electrons. The molecule has 0 saturated carbocycles. The van der Waals surface area contributed by atoms with Crippen molar-refractivity contribution < 1.29 is 19.1 Å². The fraction of sp³-hybridized carbons (Fsp3) is 0.0952. The molecule has 3 aromatic rings. The van der Waals surface area contributed by atoms with Gasteiger partial charge < -0.3 is 21.1 Å². The molecule has 170 valence electrons. The molecule has 0 spiro atoms. The van der Waals surface area contributed by atoms with Crippen LogP contribution in [0.5, 0.6) is 11.8 Å². The lowest BCUT2D eigenvalue weighted by Crippen LogP contribution is -2.36. The Morgan fingerprint density at radius 2 is 1.79 bits per heavy atom. The standard InChI is InChI=1S/C21H18BrClN6O4/c1-11(24)18(30)28-16-5-3-2-4-14(16)19(31)29-20(32)27-13-6-7-17(15(23)8-13)33-21-25-9-12(22)10-26-21/h2-11H,24H2,1H3,(H,28,30)(H2,27,29,31,32). The van der Waals surface area contributed by atoms with Gasteiger partial charge in [-0.2, -0.15) is 0 Å². The van der Waals surface area contributed by atoms with E-state index in [4.69, 9.17) is 22.1 Å². The Morgan fingerprint density at radius 1 is 1.09 bits per heavy atom. The van der Waals surface area contributed by atoms with Crippen molar-refractivity contribution in [2.45, 2.75) is 13.0 Å². The van der Waals surface area contributed by atoms with Gasteiger partial charge in [0.15, 0.2) is 0 Å². The molecule has 0 saturated heterocycles. The summed E-state index contributed by atoms with van der Waals surface area (Å²) in [6, 6.07) is 9.25. The molecule has 2 aromatic carbocycles. The van der Waals surface area contributed by atoms with Crippen molar-refractivity contribution in [2.75, 3.05) is 10.6 Å². The summed E-state index contributed by atoms with van der Waals surface area (Å²) in [6.45, 7) is 1.51. The third kappa shape index (κ3) is 6.72. The second kappa shape index (κ2) is 10.9. The highest BCUT2D eigenvalue weighted by molar-refractivity contribution is 9.10. The lowest BCUT2D eigenvalue weighted by atomic mass is 10.1. The van der Waals surface area contributed by atoms with E-state index < -0.39 is 23.9 Å². The molecule has 1 unspecified atom stereocenters. The summed E-state index contributed by atoms with van der Waals surface area (Å²) in [4.78, 5) is 44.7. The van der Waals surface area contributed by atoms with Gasteiger partial charge in [0, 0.05) is 18.1 Å². The summed E-state index contributed by atoms with van der Waals surface area (Å²) >= 11 is 9.44. The molecule has 3 rings (SSSR count). The lowest BCUT2D eigenvalue weighted by molar-refractivity contribution is -0.117. The Kier molecular flexibility index (Phi) is 7.93. The van der Waals surface area contributed by atoms with Crippen LogP contribution in [0.1, 0.15) is 17.3 Å². The molecular formula is C21H18BrClN6O4. The van der Waals surface area contributed by atoms with Gasteiger partial charge in [0.25, 0.3) is 5.91 Å². The second-order valence-corrected chi connectivity index (χ2v) is 7.99. The third-order valence-corrected chi connectivity index (χ3v) is 4.76. The number of carbonyl (C=O) groups is 3. The smallest absolute Gasteiger partial charge is 0.326 e. The van der Waals surface area contributed by atoms with Gasteiger partial charge in [0.2, 0.25) is 5.91 Å². The highest BCUT2D eigenvalue weighted by atomic mass is 79.9. The number of anilines is 2. The number of nitrogens with zero attached hydrogens (tertiary/aromatic N) is 2. The van der Waals surface area contributed by atoms with Gasteiger partial charge in [0.1, 0.15) is 5.75 Å². The number of para-hydroxylation sites is 1. The number of carbonyl (C=O) groups excluding carboxylic acids is 3. The Bertz CT molecular complexity index is 1190. The fourth-order valence-corrected chi connectivity index (χ4v) is 2.91. The number of urea groups is 1. The SMILES string of the molecule is CC(N)C(=O)Nc1ccccc1C(=O)NC(=O)Nc1ccc(Oc2ncc(Br)cn2)c(Cl)c1. The van der Waals surface area contributed by atoms with E-state index >= 15 is 0 Å². The summed E-state index contributed by atoms with van der Waals surface area (Å²) in [5, 5.41) is 7.44. The number of imide groups is 1. The predicted molar refractivity (Wildman–Crippen MR) is 126 cm³/mol. The number of benzene rings is 2. The van der Waals surface area contributed by atoms with Gasteiger partial charge in [-0.25, -0.2) is 14.8 Å². The molecule has 10 nitrogen and oxygen atoms in total. The average molecular weight is 534 g/mol. The maximum atomic E-state index is 12.5. The number of halogens is 2. The first-order valence-corrected chi connectivity index (χ1v) is 10.6. The van der Waals surface area contributed by atoms with Crippen LogP contribution in [-0.2, 0) is 4.79 Å².